The summed E-state index contributed by atoms with van der Waals surface area (Å²) in [7, 11) is -6.14. The SMILES string of the molecule is C1CN(CCOCCN2CCOCC2)CCO1.C1COCCN1.Cc1ccc(S(=O)(=O)Cl)cc1.Cc1ccc(S(=O)(=O)OCCOCCOS(=O)(=O)c2ccc(C)cc2)cc1.OCCOCCO. The van der Waals surface area contributed by atoms with Crippen LogP contribution < -0.4 is 5.32 Å². The van der Waals surface area contributed by atoms with E-state index in [1.807, 2.05) is 20.8 Å². The maximum Gasteiger partial charge on any atom is 0.297 e. The van der Waals surface area contributed by atoms with Gasteiger partial charge in [0.05, 0.1) is 120 Å². The van der Waals surface area contributed by atoms with E-state index in [0.717, 1.165) is 122 Å². The summed E-state index contributed by atoms with van der Waals surface area (Å²) in [5, 5.41) is 19.3. The predicted molar refractivity (Wildman–Crippen MR) is 258 cm³/mol. The van der Waals surface area contributed by atoms with Gasteiger partial charge in [0.15, 0.2) is 0 Å². The summed E-state index contributed by atoms with van der Waals surface area (Å²) in [5.74, 6) is 0. The van der Waals surface area contributed by atoms with Crippen LogP contribution in [0.2, 0.25) is 0 Å². The van der Waals surface area contributed by atoms with Gasteiger partial charge in [-0.3, -0.25) is 18.2 Å². The number of aliphatic hydroxyl groups excluding tert-OH is 2. The Morgan fingerprint density at radius 3 is 1.12 bits per heavy atom. The lowest BCUT2D eigenvalue weighted by atomic mass is 10.2. The van der Waals surface area contributed by atoms with Gasteiger partial charge < -0.3 is 44.0 Å². The first-order valence-corrected chi connectivity index (χ1v) is 27.5. The van der Waals surface area contributed by atoms with E-state index >= 15 is 0 Å². The van der Waals surface area contributed by atoms with Gasteiger partial charge >= 0.3 is 0 Å². The monoisotopic (exact) mass is 1040 g/mol. The Morgan fingerprint density at radius 2 is 0.809 bits per heavy atom. The number of aliphatic hydroxyl groups is 2. The van der Waals surface area contributed by atoms with Gasteiger partial charge in [0, 0.05) is 63.0 Å². The zero-order valence-electron chi connectivity index (χ0n) is 39.5. The lowest BCUT2D eigenvalue weighted by Gasteiger charge is -2.27. The third kappa shape index (κ3) is 29.5. The summed E-state index contributed by atoms with van der Waals surface area (Å²) >= 11 is 0. The molecule has 23 heteroatoms. The number of nitrogens with one attached hydrogen (secondary N) is 1. The van der Waals surface area contributed by atoms with Gasteiger partial charge in [-0.25, -0.2) is 8.42 Å². The lowest BCUT2D eigenvalue weighted by Crippen LogP contribution is -2.40. The molecule has 3 N–H and O–H groups in total. The van der Waals surface area contributed by atoms with Crippen molar-refractivity contribution >= 4 is 40.0 Å². The van der Waals surface area contributed by atoms with Crippen molar-refractivity contribution in [2.24, 2.45) is 0 Å². The fraction of sp³-hybridized carbons (Fsp3) is 0.600. The average molecular weight is 1040 g/mol. The molecule has 388 valence electrons. The van der Waals surface area contributed by atoms with Crippen LogP contribution in [0.3, 0.4) is 0 Å². The topological polar surface area (TPSA) is 235 Å². The van der Waals surface area contributed by atoms with Gasteiger partial charge in [0.25, 0.3) is 29.3 Å². The number of rotatable bonds is 21. The van der Waals surface area contributed by atoms with Crippen LogP contribution >= 0.6 is 10.7 Å². The number of morpholine rings is 3. The molecule has 6 rings (SSSR count). The van der Waals surface area contributed by atoms with Gasteiger partial charge in [-0.1, -0.05) is 53.1 Å². The number of hydrogen-bond acceptors (Lipinski definition) is 19. The molecule has 3 heterocycles. The predicted octanol–water partition coefficient (Wildman–Crippen LogP) is 2.61. The Labute approximate surface area is 408 Å². The minimum absolute atomic E-state index is 0.0149. The molecule has 0 aromatic heterocycles. The second-order valence-corrected chi connectivity index (χ2v) is 20.8. The highest BCUT2D eigenvalue weighted by molar-refractivity contribution is 8.13. The van der Waals surface area contributed by atoms with Crippen LogP contribution in [0.1, 0.15) is 16.7 Å². The van der Waals surface area contributed by atoms with Crippen LogP contribution in [-0.4, -0.2) is 203 Å². The Bertz CT molecular complexity index is 1940. The molecule has 0 saturated carbocycles. The number of aryl methyl sites for hydroxylation is 3. The summed E-state index contributed by atoms with van der Waals surface area (Å²) in [4.78, 5) is 5.09. The van der Waals surface area contributed by atoms with Crippen molar-refractivity contribution in [3.05, 3.63) is 89.5 Å². The van der Waals surface area contributed by atoms with Crippen LogP contribution in [-0.2, 0) is 66.1 Å². The second kappa shape index (κ2) is 36.2. The first-order valence-electron chi connectivity index (χ1n) is 22.3. The fourth-order valence-electron chi connectivity index (χ4n) is 5.64. The second-order valence-electron chi connectivity index (χ2n) is 15.0. The zero-order chi connectivity index (χ0) is 49.9. The number of ether oxygens (including phenoxy) is 6. The van der Waals surface area contributed by atoms with Crippen molar-refractivity contribution in [3.63, 3.8) is 0 Å². The maximum atomic E-state index is 12.0. The molecule has 0 bridgehead atoms. The van der Waals surface area contributed by atoms with Crippen LogP contribution in [0.5, 0.6) is 0 Å². The third-order valence-electron chi connectivity index (χ3n) is 9.48. The van der Waals surface area contributed by atoms with E-state index in [-0.39, 0.29) is 54.3 Å². The molecule has 0 amide bonds. The first-order chi connectivity index (χ1) is 32.6. The van der Waals surface area contributed by atoms with Crippen molar-refractivity contribution in [1.82, 2.24) is 15.1 Å². The smallest absolute Gasteiger partial charge is 0.297 e. The van der Waals surface area contributed by atoms with Gasteiger partial charge in [-0.2, -0.15) is 16.8 Å². The molecule has 3 saturated heterocycles. The Morgan fingerprint density at radius 1 is 0.485 bits per heavy atom. The van der Waals surface area contributed by atoms with E-state index in [2.05, 4.69) is 19.9 Å². The Kier molecular flexibility index (Phi) is 32.7. The molecule has 68 heavy (non-hydrogen) atoms. The van der Waals surface area contributed by atoms with E-state index in [1.54, 1.807) is 36.4 Å². The molecule has 3 aromatic rings. The molecule has 0 radical (unpaired) electrons. The number of hydrogen-bond donors (Lipinski definition) is 3. The maximum absolute atomic E-state index is 12.0. The van der Waals surface area contributed by atoms with Crippen molar-refractivity contribution in [3.8, 4) is 0 Å². The fourth-order valence-corrected chi connectivity index (χ4v) is 8.20. The minimum atomic E-state index is -3.84. The molecular weight excluding hydrogens is 970 g/mol. The normalized spacial score (nSPS) is 15.8. The van der Waals surface area contributed by atoms with Crippen LogP contribution in [0.15, 0.2) is 87.5 Å². The van der Waals surface area contributed by atoms with Crippen molar-refractivity contribution in [2.75, 3.05) is 158 Å². The number of halogens is 1. The minimum Gasteiger partial charge on any atom is -0.394 e. The van der Waals surface area contributed by atoms with E-state index < -0.39 is 29.3 Å². The first kappa shape index (κ1) is 61.4. The highest BCUT2D eigenvalue weighted by Gasteiger charge is 2.17. The number of benzene rings is 3. The zero-order valence-corrected chi connectivity index (χ0v) is 42.7. The van der Waals surface area contributed by atoms with Crippen molar-refractivity contribution in [2.45, 2.75) is 35.5 Å². The molecule has 3 aromatic carbocycles. The van der Waals surface area contributed by atoms with Crippen molar-refractivity contribution < 1.29 is 72.3 Å². The number of nitrogens with zero attached hydrogens (tertiary/aromatic N) is 2. The summed E-state index contributed by atoms with van der Waals surface area (Å²) in [6, 6.07) is 19.0. The molecule has 0 spiro atoms. The van der Waals surface area contributed by atoms with Gasteiger partial charge in [-0.05, 0) is 57.2 Å². The highest BCUT2D eigenvalue weighted by atomic mass is 35.7. The Hall–Kier alpha value is -2.72. The van der Waals surface area contributed by atoms with Gasteiger partial charge in [0.1, 0.15) is 0 Å². The molecule has 3 aliphatic rings. The summed E-state index contributed by atoms with van der Waals surface area (Å²) < 4.78 is 110. The van der Waals surface area contributed by atoms with Gasteiger partial charge in [0.2, 0.25) is 0 Å². The molecule has 0 aliphatic carbocycles. The molecule has 19 nitrogen and oxygen atoms in total. The standard InChI is InChI=1S/C18H22O7S2.C12H24N2O3.C7H7ClO2S.C4H9NO.C4H10O3/c1-15-3-7-17(8-4-15)26(19,20)24-13-11-23-12-14-25-27(21,22)18-9-5-16(2)6-10-18;1-7-15-8-2-13(1)5-11-17-12-6-14-3-9-16-10-4-14;1-6-2-4-7(5-3-6)11(8,9)10;1-3-6-4-2-5-1;5-1-3-7-4-2-6/h3-10H,11-14H2,1-2H3;1-12H2;2-5H,1H3;5H,1-4H2;5-6H,1-4H2. The largest absolute Gasteiger partial charge is 0.394 e. The quantitative estimate of drug-likeness (QED) is 0.0790. The van der Waals surface area contributed by atoms with E-state index in [0.29, 0.717) is 13.2 Å². The highest BCUT2D eigenvalue weighted by Crippen LogP contribution is 2.16. The summed E-state index contributed by atoms with van der Waals surface area (Å²) in [5.41, 5.74) is 2.89. The van der Waals surface area contributed by atoms with Crippen LogP contribution in [0.4, 0.5) is 0 Å². The third-order valence-corrected chi connectivity index (χ3v) is 13.5. The summed E-state index contributed by atoms with van der Waals surface area (Å²) in [6.45, 7) is 21.1. The van der Waals surface area contributed by atoms with E-state index in [1.165, 1.54) is 36.4 Å². The van der Waals surface area contributed by atoms with E-state index in [4.69, 9.17) is 52.9 Å². The molecular formula is C45H72ClN3O16S3. The van der Waals surface area contributed by atoms with Crippen LogP contribution in [0.25, 0.3) is 0 Å². The van der Waals surface area contributed by atoms with Gasteiger partial charge in [-0.15, -0.1) is 0 Å². The average Bonchev–Trinajstić information content (AvgIpc) is 3.33. The molecule has 0 unspecified atom stereocenters. The Balaban J connectivity index is 0.000000328. The molecule has 3 aliphatic heterocycles. The van der Waals surface area contributed by atoms with Crippen LogP contribution in [0, 0.1) is 20.8 Å². The van der Waals surface area contributed by atoms with E-state index in [9.17, 15) is 25.3 Å². The summed E-state index contributed by atoms with van der Waals surface area (Å²) in [6.07, 6.45) is 0. The molecule has 0 atom stereocenters. The lowest BCUT2D eigenvalue weighted by molar-refractivity contribution is 0.00538. The van der Waals surface area contributed by atoms with Crippen molar-refractivity contribution in [1.29, 1.82) is 0 Å². The molecule has 3 fully saturated rings.